The van der Waals surface area contributed by atoms with Gasteiger partial charge in [0, 0.05) is 36.1 Å². The van der Waals surface area contributed by atoms with Gasteiger partial charge in [0.05, 0.1) is 17.7 Å². The van der Waals surface area contributed by atoms with Crippen molar-refractivity contribution in [1.82, 2.24) is 14.9 Å². The van der Waals surface area contributed by atoms with Crippen LogP contribution < -0.4 is 21.3 Å². The van der Waals surface area contributed by atoms with Crippen molar-refractivity contribution >= 4 is 41.8 Å². The van der Waals surface area contributed by atoms with E-state index in [9.17, 15) is 0 Å². The molecule has 7 heteroatoms. The normalized spacial score (nSPS) is 11.9. The fraction of sp³-hybridized carbons (Fsp3) is 0.381. The van der Waals surface area contributed by atoms with Crippen LogP contribution in [0.4, 0.5) is 5.82 Å². The molecule has 0 aliphatic rings. The largest absolute Gasteiger partial charge is 0.497 e. The standard InChI is InChI=1S/C21H29BN4OS/c1-21(2,3)13-24-9-10-26-17-7-8-25-20(23)15(17)12-19(26)28-18-11-14(27-4)5-6-16(18)22/h5-8,11-12,24H,9-10,13,22H2,1-4H3,(H2,23,25). The lowest BCUT2D eigenvalue weighted by atomic mass is 9.96. The molecule has 148 valence electrons. The molecule has 0 amide bonds. The van der Waals surface area contributed by atoms with E-state index in [1.54, 1.807) is 25.1 Å². The maximum Gasteiger partial charge on any atom is 0.140 e. The van der Waals surface area contributed by atoms with E-state index in [-0.39, 0.29) is 5.41 Å². The van der Waals surface area contributed by atoms with Crippen molar-refractivity contribution in [3.63, 3.8) is 0 Å². The van der Waals surface area contributed by atoms with Crippen molar-refractivity contribution < 1.29 is 4.74 Å². The number of nitrogens with one attached hydrogen (secondary N) is 1. The molecule has 2 heterocycles. The van der Waals surface area contributed by atoms with Gasteiger partial charge in [-0.15, -0.1) is 0 Å². The fourth-order valence-corrected chi connectivity index (χ4v) is 4.19. The zero-order valence-electron chi connectivity index (χ0n) is 17.4. The van der Waals surface area contributed by atoms with Crippen LogP contribution in [0.1, 0.15) is 20.8 Å². The molecule has 0 aliphatic carbocycles. The van der Waals surface area contributed by atoms with Crippen LogP contribution in [0.2, 0.25) is 0 Å². The lowest BCUT2D eigenvalue weighted by Crippen LogP contribution is -2.29. The first kappa shape index (κ1) is 20.6. The molecule has 0 aliphatic heterocycles. The lowest BCUT2D eigenvalue weighted by molar-refractivity contribution is 0.375. The van der Waals surface area contributed by atoms with E-state index in [1.165, 1.54) is 10.4 Å². The Bertz CT molecular complexity index is 965. The summed E-state index contributed by atoms with van der Waals surface area (Å²) in [6, 6.07) is 10.4. The van der Waals surface area contributed by atoms with Crippen molar-refractivity contribution in [2.24, 2.45) is 5.41 Å². The molecule has 0 saturated carbocycles. The summed E-state index contributed by atoms with van der Waals surface area (Å²) >= 11 is 1.74. The number of pyridine rings is 1. The molecule has 28 heavy (non-hydrogen) atoms. The Morgan fingerprint density at radius 2 is 2.04 bits per heavy atom. The van der Waals surface area contributed by atoms with Crippen LogP contribution in [0.5, 0.6) is 5.75 Å². The predicted octanol–water partition coefficient (Wildman–Crippen LogP) is 2.67. The molecule has 0 atom stereocenters. The minimum absolute atomic E-state index is 0.266. The summed E-state index contributed by atoms with van der Waals surface area (Å²) in [5, 5.41) is 5.72. The van der Waals surface area contributed by atoms with Crippen LogP contribution in [0, 0.1) is 5.41 Å². The van der Waals surface area contributed by atoms with Crippen LogP contribution in [0.15, 0.2) is 46.5 Å². The third-order valence-corrected chi connectivity index (χ3v) is 5.81. The second-order valence-electron chi connectivity index (χ2n) is 8.23. The number of aromatic nitrogens is 2. The number of hydrogen-bond donors (Lipinski definition) is 2. The minimum atomic E-state index is 0.266. The average Bonchev–Trinajstić information content (AvgIpc) is 2.98. The van der Waals surface area contributed by atoms with E-state index in [0.29, 0.717) is 5.82 Å². The number of nitrogen functional groups attached to an aromatic ring is 1. The van der Waals surface area contributed by atoms with Gasteiger partial charge in [-0.1, -0.05) is 44.1 Å². The Morgan fingerprint density at radius 1 is 1.25 bits per heavy atom. The topological polar surface area (TPSA) is 65.1 Å². The molecule has 0 radical (unpaired) electrons. The van der Waals surface area contributed by atoms with Crippen molar-refractivity contribution in [3.8, 4) is 5.75 Å². The Hall–Kier alpha value is -2.12. The van der Waals surface area contributed by atoms with Gasteiger partial charge in [0.25, 0.3) is 0 Å². The summed E-state index contributed by atoms with van der Waals surface area (Å²) in [7, 11) is 3.82. The number of rotatable bonds is 7. The zero-order chi connectivity index (χ0) is 20.3. The zero-order valence-corrected chi connectivity index (χ0v) is 18.2. The van der Waals surface area contributed by atoms with E-state index < -0.39 is 0 Å². The number of benzene rings is 1. The first-order valence-electron chi connectivity index (χ1n) is 9.55. The number of methoxy groups -OCH3 is 1. The van der Waals surface area contributed by atoms with Crippen LogP contribution in [-0.4, -0.2) is 37.6 Å². The number of anilines is 1. The van der Waals surface area contributed by atoms with Gasteiger partial charge < -0.3 is 20.4 Å². The smallest absolute Gasteiger partial charge is 0.140 e. The first-order chi connectivity index (χ1) is 13.3. The summed E-state index contributed by atoms with van der Waals surface area (Å²) in [5.74, 6) is 1.44. The molecular weight excluding hydrogens is 367 g/mol. The molecule has 5 nitrogen and oxygen atoms in total. The second kappa shape index (κ2) is 8.49. The van der Waals surface area contributed by atoms with E-state index in [4.69, 9.17) is 10.5 Å². The monoisotopic (exact) mass is 396 g/mol. The molecule has 0 bridgehead atoms. The maximum atomic E-state index is 6.15. The van der Waals surface area contributed by atoms with Gasteiger partial charge >= 0.3 is 0 Å². The van der Waals surface area contributed by atoms with Crippen LogP contribution in [0.25, 0.3) is 10.9 Å². The van der Waals surface area contributed by atoms with Gasteiger partial charge in [-0.3, -0.25) is 0 Å². The first-order valence-corrected chi connectivity index (χ1v) is 10.4. The van der Waals surface area contributed by atoms with Gasteiger partial charge in [0.15, 0.2) is 0 Å². The molecule has 0 saturated heterocycles. The van der Waals surface area contributed by atoms with E-state index in [2.05, 4.69) is 61.7 Å². The highest BCUT2D eigenvalue weighted by molar-refractivity contribution is 7.99. The molecule has 2 aromatic heterocycles. The Labute approximate surface area is 172 Å². The Balaban J connectivity index is 1.91. The van der Waals surface area contributed by atoms with Gasteiger partial charge in [-0.2, -0.15) is 0 Å². The number of fused-ring (bicyclic) bond motifs is 1. The van der Waals surface area contributed by atoms with E-state index in [1.807, 2.05) is 12.1 Å². The van der Waals surface area contributed by atoms with Gasteiger partial charge in [-0.05, 0) is 29.7 Å². The Morgan fingerprint density at radius 3 is 2.75 bits per heavy atom. The van der Waals surface area contributed by atoms with Crippen LogP contribution in [0.3, 0.4) is 0 Å². The van der Waals surface area contributed by atoms with Gasteiger partial charge in [0.1, 0.15) is 19.4 Å². The van der Waals surface area contributed by atoms with Crippen LogP contribution in [-0.2, 0) is 6.54 Å². The molecular formula is C21H29BN4OS. The number of hydrogen-bond acceptors (Lipinski definition) is 5. The molecule has 0 spiro atoms. The fourth-order valence-electron chi connectivity index (χ4n) is 3.08. The summed E-state index contributed by atoms with van der Waals surface area (Å²) in [6.07, 6.45) is 1.78. The van der Waals surface area contributed by atoms with Crippen molar-refractivity contribution in [1.29, 1.82) is 0 Å². The predicted molar refractivity (Wildman–Crippen MR) is 122 cm³/mol. The highest BCUT2D eigenvalue weighted by Crippen LogP contribution is 2.34. The van der Waals surface area contributed by atoms with Gasteiger partial charge in [0.2, 0.25) is 0 Å². The number of nitrogens with two attached hydrogens (primary N) is 1. The average molecular weight is 396 g/mol. The molecule has 0 fully saturated rings. The van der Waals surface area contributed by atoms with Gasteiger partial charge in [-0.25, -0.2) is 4.98 Å². The molecule has 1 aromatic carbocycles. The van der Waals surface area contributed by atoms with Crippen molar-refractivity contribution in [2.45, 2.75) is 37.2 Å². The minimum Gasteiger partial charge on any atom is -0.497 e. The molecule has 3 aromatic rings. The quantitative estimate of drug-likeness (QED) is 0.475. The summed E-state index contributed by atoms with van der Waals surface area (Å²) in [5.41, 5.74) is 8.76. The molecule has 3 rings (SSSR count). The third-order valence-electron chi connectivity index (χ3n) is 4.60. The number of nitrogens with zero attached hydrogens (tertiary/aromatic N) is 2. The lowest BCUT2D eigenvalue weighted by Gasteiger charge is -2.19. The maximum absolute atomic E-state index is 6.15. The third kappa shape index (κ3) is 4.83. The second-order valence-corrected chi connectivity index (χ2v) is 9.30. The van der Waals surface area contributed by atoms with E-state index in [0.717, 1.165) is 41.3 Å². The van der Waals surface area contributed by atoms with Crippen molar-refractivity contribution in [3.05, 3.63) is 36.5 Å². The molecule has 0 unspecified atom stereocenters. The summed E-state index contributed by atoms with van der Waals surface area (Å²) in [4.78, 5) is 5.44. The number of ether oxygens (including phenoxy) is 1. The van der Waals surface area contributed by atoms with Crippen LogP contribution >= 0.6 is 11.8 Å². The highest BCUT2D eigenvalue weighted by Gasteiger charge is 2.15. The van der Waals surface area contributed by atoms with Crippen molar-refractivity contribution in [2.75, 3.05) is 25.9 Å². The molecule has 3 N–H and O–H groups in total. The highest BCUT2D eigenvalue weighted by atomic mass is 32.2. The Kier molecular flexibility index (Phi) is 6.25. The summed E-state index contributed by atoms with van der Waals surface area (Å²) in [6.45, 7) is 9.47. The van der Waals surface area contributed by atoms with E-state index >= 15 is 0 Å². The SMILES string of the molecule is Bc1ccc(OC)cc1Sc1cc2c(N)nccc2n1CCNCC(C)(C)C. The summed E-state index contributed by atoms with van der Waals surface area (Å²) < 4.78 is 7.73.